The molecule has 37 heavy (non-hydrogen) atoms. The number of aryl methyl sites for hydroxylation is 1. The van der Waals surface area contributed by atoms with Gasteiger partial charge >= 0.3 is 0 Å². The average molecular weight is 523 g/mol. The predicted octanol–water partition coefficient (Wildman–Crippen LogP) is 5.29. The van der Waals surface area contributed by atoms with Crippen LogP contribution in [-0.2, 0) is 11.2 Å². The van der Waals surface area contributed by atoms with Crippen molar-refractivity contribution in [2.24, 2.45) is 0 Å². The van der Waals surface area contributed by atoms with Crippen LogP contribution >= 0.6 is 11.3 Å². The zero-order valence-corrected chi connectivity index (χ0v) is 22.0. The van der Waals surface area contributed by atoms with Gasteiger partial charge in [0.05, 0.1) is 13.7 Å². The standard InChI is InChI=1S/C27H30N4O5S/c1-4-6-11-25-30-31-27(37-25)29-26(32)20(18-28)16-19-12-13-23(24(17-19)34-5-2)36-15-14-35-22-10-8-7-9-21(22)33-3/h7-10,12-13,16-17H,4-6,11,14-15H2,1-3H3,(H,29,31,32)/b20-16-. The lowest BCUT2D eigenvalue weighted by Gasteiger charge is -2.14. The molecule has 194 valence electrons. The first kappa shape index (κ1) is 27.5. The van der Waals surface area contributed by atoms with Crippen molar-refractivity contribution in [3.8, 4) is 29.1 Å². The van der Waals surface area contributed by atoms with Crippen molar-refractivity contribution in [1.82, 2.24) is 10.2 Å². The monoisotopic (exact) mass is 522 g/mol. The number of hydrogen-bond acceptors (Lipinski definition) is 9. The summed E-state index contributed by atoms with van der Waals surface area (Å²) < 4.78 is 22.6. The van der Waals surface area contributed by atoms with Gasteiger partial charge in [-0.25, -0.2) is 0 Å². The minimum Gasteiger partial charge on any atom is -0.493 e. The number of unbranched alkanes of at least 4 members (excludes halogenated alkanes) is 1. The molecule has 9 nitrogen and oxygen atoms in total. The molecule has 3 rings (SSSR count). The second kappa shape index (κ2) is 14.5. The Labute approximate surface area is 220 Å². The van der Waals surface area contributed by atoms with Gasteiger partial charge in [-0.05, 0) is 49.2 Å². The zero-order valence-electron chi connectivity index (χ0n) is 21.2. The van der Waals surface area contributed by atoms with Crippen LogP contribution in [-0.4, -0.2) is 43.0 Å². The summed E-state index contributed by atoms with van der Waals surface area (Å²) in [7, 11) is 1.59. The number of benzene rings is 2. The summed E-state index contributed by atoms with van der Waals surface area (Å²) in [5.41, 5.74) is 0.556. The summed E-state index contributed by atoms with van der Waals surface area (Å²) in [6.45, 7) is 4.97. The lowest BCUT2D eigenvalue weighted by Crippen LogP contribution is -2.13. The molecule has 0 fully saturated rings. The Kier molecular flexibility index (Phi) is 10.7. The third kappa shape index (κ3) is 8.22. The normalized spacial score (nSPS) is 10.9. The molecule has 0 bridgehead atoms. The number of aromatic nitrogens is 2. The number of ether oxygens (including phenoxy) is 4. The molecule has 1 N–H and O–H groups in total. The number of anilines is 1. The van der Waals surface area contributed by atoms with Crippen molar-refractivity contribution in [2.45, 2.75) is 33.1 Å². The van der Waals surface area contributed by atoms with E-state index < -0.39 is 5.91 Å². The highest BCUT2D eigenvalue weighted by Crippen LogP contribution is 2.30. The van der Waals surface area contributed by atoms with Crippen molar-refractivity contribution < 1.29 is 23.7 Å². The fraction of sp³-hybridized carbons (Fsp3) is 0.333. The topological polar surface area (TPSA) is 116 Å². The van der Waals surface area contributed by atoms with Crippen molar-refractivity contribution in [2.75, 3.05) is 32.2 Å². The molecule has 0 unspecified atom stereocenters. The quantitative estimate of drug-likeness (QED) is 0.172. The molecule has 1 amide bonds. The molecular formula is C27H30N4O5S. The molecular weight excluding hydrogens is 492 g/mol. The molecule has 0 atom stereocenters. The van der Waals surface area contributed by atoms with Crippen LogP contribution in [0.15, 0.2) is 48.0 Å². The van der Waals surface area contributed by atoms with Gasteiger partial charge < -0.3 is 18.9 Å². The first-order valence-electron chi connectivity index (χ1n) is 12.0. The van der Waals surface area contributed by atoms with Gasteiger partial charge in [0, 0.05) is 6.42 Å². The lowest BCUT2D eigenvalue weighted by atomic mass is 10.1. The zero-order chi connectivity index (χ0) is 26.5. The number of carbonyl (C=O) groups excluding carboxylic acids is 1. The molecule has 2 aromatic carbocycles. The Morgan fingerprint density at radius 1 is 1.03 bits per heavy atom. The van der Waals surface area contributed by atoms with Crippen LogP contribution in [0.2, 0.25) is 0 Å². The summed E-state index contributed by atoms with van der Waals surface area (Å²) in [6.07, 6.45) is 4.35. The number of nitrogens with one attached hydrogen (secondary N) is 1. The predicted molar refractivity (Wildman–Crippen MR) is 142 cm³/mol. The number of nitriles is 1. The molecule has 0 aliphatic heterocycles. The minimum absolute atomic E-state index is 0.0633. The SMILES string of the molecule is CCCCc1nnc(NC(=O)/C(C#N)=C\c2ccc(OCCOc3ccccc3OC)c(OCC)c2)s1. The Morgan fingerprint density at radius 3 is 2.43 bits per heavy atom. The highest BCUT2D eigenvalue weighted by Gasteiger charge is 2.14. The summed E-state index contributed by atoms with van der Waals surface area (Å²) in [5, 5.41) is 21.5. The van der Waals surface area contributed by atoms with Gasteiger partial charge in [0.2, 0.25) is 5.13 Å². The van der Waals surface area contributed by atoms with Crippen molar-refractivity contribution in [1.29, 1.82) is 5.26 Å². The van der Waals surface area contributed by atoms with E-state index in [0.29, 0.717) is 46.9 Å². The first-order valence-corrected chi connectivity index (χ1v) is 12.8. The Balaban J connectivity index is 1.64. The van der Waals surface area contributed by atoms with Crippen molar-refractivity contribution >= 4 is 28.5 Å². The number of nitrogens with zero attached hydrogens (tertiary/aromatic N) is 3. The van der Waals surface area contributed by atoms with E-state index >= 15 is 0 Å². The van der Waals surface area contributed by atoms with Crippen LogP contribution in [0, 0.1) is 11.3 Å². The molecule has 10 heteroatoms. The van der Waals surface area contributed by atoms with E-state index in [0.717, 1.165) is 24.3 Å². The van der Waals surface area contributed by atoms with E-state index in [1.54, 1.807) is 25.3 Å². The highest BCUT2D eigenvalue weighted by atomic mass is 32.1. The summed E-state index contributed by atoms with van der Waals surface area (Å²) >= 11 is 1.31. The van der Waals surface area contributed by atoms with Gasteiger partial charge in [-0.2, -0.15) is 5.26 Å². The first-order chi connectivity index (χ1) is 18.1. The van der Waals surface area contributed by atoms with E-state index in [1.807, 2.05) is 37.3 Å². The molecule has 0 saturated heterocycles. The smallest absolute Gasteiger partial charge is 0.268 e. The van der Waals surface area contributed by atoms with Crippen LogP contribution in [0.4, 0.5) is 5.13 Å². The highest BCUT2D eigenvalue weighted by molar-refractivity contribution is 7.15. The van der Waals surface area contributed by atoms with Gasteiger partial charge in [0.25, 0.3) is 5.91 Å². The third-order valence-electron chi connectivity index (χ3n) is 5.04. The number of hydrogen-bond donors (Lipinski definition) is 1. The van der Waals surface area contributed by atoms with Crippen LogP contribution in [0.25, 0.3) is 6.08 Å². The number of rotatable bonds is 14. The Morgan fingerprint density at radius 2 is 1.76 bits per heavy atom. The molecule has 1 heterocycles. The maximum absolute atomic E-state index is 12.6. The Bertz CT molecular complexity index is 1250. The number of amides is 1. The van der Waals surface area contributed by atoms with Gasteiger partial charge in [0.15, 0.2) is 23.0 Å². The van der Waals surface area contributed by atoms with Gasteiger partial charge in [-0.15, -0.1) is 10.2 Å². The molecule has 0 spiro atoms. The number of para-hydroxylation sites is 2. The van der Waals surface area contributed by atoms with Gasteiger partial charge in [-0.1, -0.05) is 42.9 Å². The van der Waals surface area contributed by atoms with E-state index in [9.17, 15) is 10.1 Å². The van der Waals surface area contributed by atoms with Crippen molar-refractivity contribution in [3.05, 3.63) is 58.6 Å². The molecule has 0 radical (unpaired) electrons. The second-order valence-corrected chi connectivity index (χ2v) is 8.78. The lowest BCUT2D eigenvalue weighted by molar-refractivity contribution is -0.112. The van der Waals surface area contributed by atoms with Gasteiger partial charge in [0.1, 0.15) is 29.9 Å². The Hall–Kier alpha value is -4.10. The van der Waals surface area contributed by atoms with Gasteiger partial charge in [-0.3, -0.25) is 10.1 Å². The molecule has 0 aliphatic carbocycles. The minimum atomic E-state index is -0.549. The van der Waals surface area contributed by atoms with Crippen LogP contribution < -0.4 is 24.3 Å². The van der Waals surface area contributed by atoms with Crippen LogP contribution in [0.1, 0.15) is 37.3 Å². The fourth-order valence-corrected chi connectivity index (χ4v) is 4.03. The molecule has 3 aromatic rings. The van der Waals surface area contributed by atoms with Crippen molar-refractivity contribution in [3.63, 3.8) is 0 Å². The van der Waals surface area contributed by atoms with E-state index in [4.69, 9.17) is 18.9 Å². The molecule has 0 aliphatic rings. The van der Waals surface area contributed by atoms with E-state index in [1.165, 1.54) is 17.4 Å². The average Bonchev–Trinajstić information content (AvgIpc) is 3.36. The van der Waals surface area contributed by atoms with E-state index in [-0.39, 0.29) is 12.2 Å². The number of methoxy groups -OCH3 is 1. The maximum atomic E-state index is 12.6. The van der Waals surface area contributed by atoms with Crippen LogP contribution in [0.5, 0.6) is 23.0 Å². The molecule has 1 aromatic heterocycles. The fourth-order valence-electron chi connectivity index (χ4n) is 3.26. The maximum Gasteiger partial charge on any atom is 0.268 e. The number of carbonyl (C=O) groups is 1. The molecule has 0 saturated carbocycles. The summed E-state index contributed by atoms with van der Waals surface area (Å²) in [6, 6.07) is 14.5. The largest absolute Gasteiger partial charge is 0.493 e. The third-order valence-corrected chi connectivity index (χ3v) is 5.94. The van der Waals surface area contributed by atoms with Crippen LogP contribution in [0.3, 0.4) is 0 Å². The summed E-state index contributed by atoms with van der Waals surface area (Å²) in [5.74, 6) is 1.75. The van der Waals surface area contributed by atoms with E-state index in [2.05, 4.69) is 22.4 Å². The second-order valence-electron chi connectivity index (χ2n) is 7.72. The summed E-state index contributed by atoms with van der Waals surface area (Å²) in [4.78, 5) is 12.6.